The highest BCUT2D eigenvalue weighted by Gasteiger charge is 2.42. The Bertz CT molecular complexity index is 457. The van der Waals surface area contributed by atoms with E-state index in [1.807, 2.05) is 0 Å². The second-order valence-corrected chi connectivity index (χ2v) is 6.41. The molecule has 1 spiro atoms. The smallest absolute Gasteiger partial charge is 0.141 e. The average Bonchev–Trinajstić information content (AvgIpc) is 3.02. The molecule has 2 fully saturated rings. The van der Waals surface area contributed by atoms with Crippen molar-refractivity contribution in [2.24, 2.45) is 0 Å². The summed E-state index contributed by atoms with van der Waals surface area (Å²) in [5.41, 5.74) is 0.138. The Labute approximate surface area is 121 Å². The number of hydrogen-bond acceptors (Lipinski definition) is 2. The first kappa shape index (κ1) is 13.4. The standard InChI is InChI=1S/C15H18BrFO2/c16-13-4-3-11(9-14(13)17)18-10-12-5-8-15(19-12)6-1-2-7-15/h3-4,9,12H,1-2,5-8,10H2. The number of ether oxygens (including phenoxy) is 2. The quantitative estimate of drug-likeness (QED) is 0.815. The van der Waals surface area contributed by atoms with Crippen LogP contribution in [-0.2, 0) is 4.74 Å². The van der Waals surface area contributed by atoms with Crippen LogP contribution in [0.15, 0.2) is 22.7 Å². The molecule has 0 amide bonds. The Morgan fingerprint density at radius 3 is 2.84 bits per heavy atom. The van der Waals surface area contributed by atoms with Crippen molar-refractivity contribution in [1.29, 1.82) is 0 Å². The summed E-state index contributed by atoms with van der Waals surface area (Å²) >= 11 is 3.13. The first-order chi connectivity index (χ1) is 9.17. The molecule has 1 saturated heterocycles. The summed E-state index contributed by atoms with van der Waals surface area (Å²) in [6, 6.07) is 4.84. The van der Waals surface area contributed by atoms with Gasteiger partial charge in [-0.2, -0.15) is 0 Å². The lowest BCUT2D eigenvalue weighted by Gasteiger charge is -2.23. The van der Waals surface area contributed by atoms with E-state index in [1.54, 1.807) is 12.1 Å². The molecule has 1 aromatic carbocycles. The van der Waals surface area contributed by atoms with Crippen LogP contribution in [0, 0.1) is 5.82 Å². The minimum atomic E-state index is -0.294. The summed E-state index contributed by atoms with van der Waals surface area (Å²) in [7, 11) is 0. The molecule has 104 valence electrons. The van der Waals surface area contributed by atoms with Crippen molar-refractivity contribution in [3.05, 3.63) is 28.5 Å². The largest absolute Gasteiger partial charge is 0.491 e. The van der Waals surface area contributed by atoms with Crippen LogP contribution in [0.25, 0.3) is 0 Å². The summed E-state index contributed by atoms with van der Waals surface area (Å²) in [6.45, 7) is 0.517. The fraction of sp³-hybridized carbons (Fsp3) is 0.600. The topological polar surface area (TPSA) is 18.5 Å². The maximum Gasteiger partial charge on any atom is 0.141 e. The first-order valence-corrected chi connectivity index (χ1v) is 7.72. The molecule has 1 aromatic rings. The van der Waals surface area contributed by atoms with Crippen LogP contribution in [0.3, 0.4) is 0 Å². The summed E-state index contributed by atoms with van der Waals surface area (Å²) in [5, 5.41) is 0. The lowest BCUT2D eigenvalue weighted by atomic mass is 9.98. The molecule has 19 heavy (non-hydrogen) atoms. The summed E-state index contributed by atoms with van der Waals surface area (Å²) in [5.74, 6) is 0.272. The average molecular weight is 329 g/mol. The van der Waals surface area contributed by atoms with E-state index in [2.05, 4.69) is 15.9 Å². The lowest BCUT2D eigenvalue weighted by molar-refractivity contribution is -0.0509. The second kappa shape index (κ2) is 5.41. The highest BCUT2D eigenvalue weighted by atomic mass is 79.9. The molecule has 4 heteroatoms. The molecule has 0 aromatic heterocycles. The molecule has 1 aliphatic carbocycles. The van der Waals surface area contributed by atoms with Gasteiger partial charge in [-0.05, 0) is 53.7 Å². The van der Waals surface area contributed by atoms with Gasteiger partial charge in [-0.15, -0.1) is 0 Å². The molecule has 1 saturated carbocycles. The minimum Gasteiger partial charge on any atom is -0.491 e. The molecule has 2 nitrogen and oxygen atoms in total. The predicted molar refractivity (Wildman–Crippen MR) is 74.9 cm³/mol. The summed E-state index contributed by atoms with van der Waals surface area (Å²) in [6.07, 6.45) is 7.31. The molecule has 1 aliphatic heterocycles. The zero-order valence-electron chi connectivity index (χ0n) is 10.8. The van der Waals surface area contributed by atoms with Crippen molar-refractivity contribution < 1.29 is 13.9 Å². The van der Waals surface area contributed by atoms with Gasteiger partial charge in [0.05, 0.1) is 16.2 Å². The van der Waals surface area contributed by atoms with Crippen LogP contribution in [0.1, 0.15) is 38.5 Å². The van der Waals surface area contributed by atoms with E-state index in [1.165, 1.54) is 31.7 Å². The zero-order chi connectivity index (χ0) is 13.3. The highest BCUT2D eigenvalue weighted by Crippen LogP contribution is 2.43. The lowest BCUT2D eigenvalue weighted by Crippen LogP contribution is -2.27. The normalized spacial score (nSPS) is 25.1. The van der Waals surface area contributed by atoms with Crippen molar-refractivity contribution in [2.75, 3.05) is 6.61 Å². The van der Waals surface area contributed by atoms with E-state index >= 15 is 0 Å². The van der Waals surface area contributed by atoms with Crippen LogP contribution in [0.5, 0.6) is 5.75 Å². The number of rotatable bonds is 3. The van der Waals surface area contributed by atoms with E-state index in [0.717, 1.165) is 12.8 Å². The Morgan fingerprint density at radius 1 is 1.32 bits per heavy atom. The monoisotopic (exact) mass is 328 g/mol. The van der Waals surface area contributed by atoms with Gasteiger partial charge >= 0.3 is 0 Å². The van der Waals surface area contributed by atoms with Crippen molar-refractivity contribution in [3.8, 4) is 5.75 Å². The maximum atomic E-state index is 13.4. The minimum absolute atomic E-state index is 0.138. The number of hydrogen-bond donors (Lipinski definition) is 0. The molecular weight excluding hydrogens is 311 g/mol. The van der Waals surface area contributed by atoms with Crippen LogP contribution < -0.4 is 4.74 Å². The summed E-state index contributed by atoms with van der Waals surface area (Å²) < 4.78 is 25.6. The molecule has 0 radical (unpaired) electrons. The molecule has 1 atom stereocenters. The van der Waals surface area contributed by atoms with E-state index in [9.17, 15) is 4.39 Å². The second-order valence-electron chi connectivity index (χ2n) is 5.56. The van der Waals surface area contributed by atoms with Gasteiger partial charge in [-0.3, -0.25) is 0 Å². The fourth-order valence-electron chi connectivity index (χ4n) is 3.16. The van der Waals surface area contributed by atoms with Crippen LogP contribution >= 0.6 is 15.9 Å². The molecule has 0 bridgehead atoms. The summed E-state index contributed by atoms with van der Waals surface area (Å²) in [4.78, 5) is 0. The maximum absolute atomic E-state index is 13.4. The molecule has 1 unspecified atom stereocenters. The Morgan fingerprint density at radius 2 is 2.11 bits per heavy atom. The highest BCUT2D eigenvalue weighted by molar-refractivity contribution is 9.10. The van der Waals surface area contributed by atoms with Crippen LogP contribution in [0.4, 0.5) is 4.39 Å². The number of benzene rings is 1. The van der Waals surface area contributed by atoms with E-state index in [4.69, 9.17) is 9.47 Å². The Hall–Kier alpha value is -0.610. The van der Waals surface area contributed by atoms with E-state index in [0.29, 0.717) is 16.8 Å². The van der Waals surface area contributed by atoms with Gasteiger partial charge in [-0.25, -0.2) is 4.39 Å². The third-order valence-corrected chi connectivity index (χ3v) is 4.82. The number of halogens is 2. The van der Waals surface area contributed by atoms with Crippen molar-refractivity contribution in [3.63, 3.8) is 0 Å². The predicted octanol–water partition coefficient (Wildman–Crippen LogP) is 4.46. The molecule has 3 rings (SSSR count). The van der Waals surface area contributed by atoms with Crippen LogP contribution in [-0.4, -0.2) is 18.3 Å². The van der Waals surface area contributed by atoms with E-state index in [-0.39, 0.29) is 17.5 Å². The first-order valence-electron chi connectivity index (χ1n) is 6.93. The van der Waals surface area contributed by atoms with Gasteiger partial charge < -0.3 is 9.47 Å². The van der Waals surface area contributed by atoms with Gasteiger partial charge in [0.1, 0.15) is 18.2 Å². The Kier molecular flexibility index (Phi) is 3.81. The van der Waals surface area contributed by atoms with Crippen molar-refractivity contribution >= 4 is 15.9 Å². The molecule has 2 aliphatic rings. The third kappa shape index (κ3) is 2.95. The fourth-order valence-corrected chi connectivity index (χ4v) is 3.40. The molecule has 0 N–H and O–H groups in total. The zero-order valence-corrected chi connectivity index (χ0v) is 12.4. The molecular formula is C15H18BrFO2. The third-order valence-electron chi connectivity index (χ3n) is 4.18. The van der Waals surface area contributed by atoms with Gasteiger partial charge in [0.25, 0.3) is 0 Å². The van der Waals surface area contributed by atoms with Crippen molar-refractivity contribution in [1.82, 2.24) is 0 Å². The van der Waals surface area contributed by atoms with Gasteiger partial charge in [0.15, 0.2) is 0 Å². The van der Waals surface area contributed by atoms with Gasteiger partial charge in [0, 0.05) is 6.07 Å². The Balaban J connectivity index is 1.54. The van der Waals surface area contributed by atoms with E-state index < -0.39 is 0 Å². The molecule has 1 heterocycles. The SMILES string of the molecule is Fc1cc(OCC2CCC3(CCCC3)O2)ccc1Br. The van der Waals surface area contributed by atoms with Crippen molar-refractivity contribution in [2.45, 2.75) is 50.2 Å². The van der Waals surface area contributed by atoms with Gasteiger partial charge in [-0.1, -0.05) is 12.8 Å². The van der Waals surface area contributed by atoms with Gasteiger partial charge in [0.2, 0.25) is 0 Å². The van der Waals surface area contributed by atoms with Crippen LogP contribution in [0.2, 0.25) is 0 Å².